The van der Waals surface area contributed by atoms with Crippen LogP contribution >= 0.6 is 0 Å². The maximum Gasteiger partial charge on any atom is 0.118 e. The standard InChI is InChI=1S/C29H25N5O2/c1-35-27-8-3-21(4-9-27)17-33-19-25(15-31-33)23-7-12-29(24(13-23)14-30)26-16-32-34(20-26)18-22-5-10-28(36-2)11-6-22/h3-13,15-16,19-20H,17-18H2,1-2H3. The van der Waals surface area contributed by atoms with E-state index in [4.69, 9.17) is 9.47 Å². The molecule has 0 aliphatic rings. The van der Waals surface area contributed by atoms with E-state index in [9.17, 15) is 5.26 Å². The van der Waals surface area contributed by atoms with Gasteiger partial charge in [0.1, 0.15) is 11.5 Å². The highest BCUT2D eigenvalue weighted by molar-refractivity contribution is 5.75. The molecule has 36 heavy (non-hydrogen) atoms. The zero-order valence-corrected chi connectivity index (χ0v) is 20.1. The third-order valence-electron chi connectivity index (χ3n) is 6.06. The number of aromatic nitrogens is 4. The third-order valence-corrected chi connectivity index (χ3v) is 6.06. The van der Waals surface area contributed by atoms with Crippen molar-refractivity contribution in [3.05, 3.63) is 108 Å². The molecule has 0 N–H and O–H groups in total. The number of nitrogens with zero attached hydrogens (tertiary/aromatic N) is 5. The molecule has 0 amide bonds. The van der Waals surface area contributed by atoms with Gasteiger partial charge in [-0.15, -0.1) is 0 Å². The Balaban J connectivity index is 1.32. The van der Waals surface area contributed by atoms with Crippen LogP contribution in [-0.2, 0) is 13.1 Å². The summed E-state index contributed by atoms with van der Waals surface area (Å²) in [7, 11) is 3.31. The van der Waals surface area contributed by atoms with Crippen molar-refractivity contribution >= 4 is 0 Å². The summed E-state index contributed by atoms with van der Waals surface area (Å²) in [6, 6.07) is 24.1. The Hall–Kier alpha value is -4.83. The number of methoxy groups -OCH3 is 2. The Morgan fingerprint density at radius 3 is 1.75 bits per heavy atom. The molecular formula is C29H25N5O2. The Bertz CT molecular complexity index is 1510. The highest BCUT2D eigenvalue weighted by Crippen LogP contribution is 2.29. The molecule has 0 aliphatic heterocycles. The van der Waals surface area contributed by atoms with E-state index in [2.05, 4.69) is 16.3 Å². The molecule has 5 aromatic rings. The monoisotopic (exact) mass is 475 g/mol. The van der Waals surface area contributed by atoms with Gasteiger partial charge in [0.25, 0.3) is 0 Å². The molecule has 7 heteroatoms. The fraction of sp³-hybridized carbons (Fsp3) is 0.138. The van der Waals surface area contributed by atoms with Crippen molar-refractivity contribution in [3.63, 3.8) is 0 Å². The normalized spacial score (nSPS) is 10.7. The lowest BCUT2D eigenvalue weighted by Crippen LogP contribution is -1.99. The lowest BCUT2D eigenvalue weighted by molar-refractivity contribution is 0.414. The first-order chi connectivity index (χ1) is 17.6. The fourth-order valence-corrected chi connectivity index (χ4v) is 4.09. The third kappa shape index (κ3) is 4.98. The molecule has 2 heterocycles. The van der Waals surface area contributed by atoms with Gasteiger partial charge in [0, 0.05) is 29.1 Å². The van der Waals surface area contributed by atoms with Gasteiger partial charge in [0.15, 0.2) is 0 Å². The highest BCUT2D eigenvalue weighted by Gasteiger charge is 2.11. The summed E-state index contributed by atoms with van der Waals surface area (Å²) in [6.45, 7) is 1.29. The molecule has 0 aliphatic carbocycles. The van der Waals surface area contributed by atoms with Gasteiger partial charge in [-0.1, -0.05) is 36.4 Å². The summed E-state index contributed by atoms with van der Waals surface area (Å²) < 4.78 is 14.2. The number of benzene rings is 3. The van der Waals surface area contributed by atoms with Crippen molar-refractivity contribution in [1.82, 2.24) is 19.6 Å². The van der Waals surface area contributed by atoms with E-state index < -0.39 is 0 Å². The first kappa shape index (κ1) is 22.9. The second kappa shape index (κ2) is 10.2. The van der Waals surface area contributed by atoms with E-state index in [1.807, 2.05) is 94.7 Å². The Labute approximate surface area is 209 Å². The van der Waals surface area contributed by atoms with Crippen molar-refractivity contribution in [1.29, 1.82) is 5.26 Å². The quantitative estimate of drug-likeness (QED) is 0.300. The minimum absolute atomic E-state index is 0.597. The molecule has 5 rings (SSSR count). The van der Waals surface area contributed by atoms with Crippen molar-refractivity contribution < 1.29 is 9.47 Å². The van der Waals surface area contributed by atoms with Crippen molar-refractivity contribution in [3.8, 4) is 39.8 Å². The molecule has 0 radical (unpaired) electrons. The molecule has 0 saturated carbocycles. The minimum atomic E-state index is 0.597. The number of hydrogen-bond donors (Lipinski definition) is 0. The van der Waals surface area contributed by atoms with Gasteiger partial charge < -0.3 is 9.47 Å². The molecule has 0 fully saturated rings. The Morgan fingerprint density at radius 2 is 1.22 bits per heavy atom. The summed E-state index contributed by atoms with van der Waals surface area (Å²) in [5, 5.41) is 18.9. The van der Waals surface area contributed by atoms with Crippen LogP contribution in [0.3, 0.4) is 0 Å². The summed E-state index contributed by atoms with van der Waals surface area (Å²) in [5.41, 5.74) is 6.51. The molecule has 0 spiro atoms. The molecule has 0 saturated heterocycles. The Morgan fingerprint density at radius 1 is 0.694 bits per heavy atom. The van der Waals surface area contributed by atoms with Crippen LogP contribution < -0.4 is 9.47 Å². The summed E-state index contributed by atoms with van der Waals surface area (Å²) in [4.78, 5) is 0. The smallest absolute Gasteiger partial charge is 0.118 e. The van der Waals surface area contributed by atoms with Gasteiger partial charge in [-0.05, 0) is 47.0 Å². The Kier molecular flexibility index (Phi) is 6.50. The topological polar surface area (TPSA) is 77.9 Å². The zero-order chi connectivity index (χ0) is 24.9. The molecule has 3 aromatic carbocycles. The maximum atomic E-state index is 9.87. The van der Waals surface area contributed by atoms with Gasteiger partial charge in [-0.3, -0.25) is 9.36 Å². The maximum absolute atomic E-state index is 9.87. The van der Waals surface area contributed by atoms with E-state index in [1.165, 1.54) is 0 Å². The molecule has 7 nitrogen and oxygen atoms in total. The molecule has 0 unspecified atom stereocenters. The lowest BCUT2D eigenvalue weighted by atomic mass is 9.98. The van der Waals surface area contributed by atoms with Gasteiger partial charge in [-0.2, -0.15) is 15.5 Å². The average molecular weight is 476 g/mol. The van der Waals surface area contributed by atoms with Crippen LogP contribution in [-0.4, -0.2) is 33.8 Å². The van der Waals surface area contributed by atoms with E-state index >= 15 is 0 Å². The number of rotatable bonds is 8. The van der Waals surface area contributed by atoms with E-state index in [-0.39, 0.29) is 0 Å². The summed E-state index contributed by atoms with van der Waals surface area (Å²) >= 11 is 0. The van der Waals surface area contributed by atoms with Gasteiger partial charge in [-0.25, -0.2) is 0 Å². The number of hydrogen-bond acceptors (Lipinski definition) is 5. The molecule has 2 aromatic heterocycles. The first-order valence-corrected chi connectivity index (χ1v) is 11.5. The first-order valence-electron chi connectivity index (χ1n) is 11.5. The van der Waals surface area contributed by atoms with Crippen molar-refractivity contribution in [2.24, 2.45) is 0 Å². The van der Waals surface area contributed by atoms with Crippen molar-refractivity contribution in [2.75, 3.05) is 14.2 Å². The second-order valence-corrected chi connectivity index (χ2v) is 8.42. The summed E-state index contributed by atoms with van der Waals surface area (Å²) in [5.74, 6) is 1.65. The summed E-state index contributed by atoms with van der Waals surface area (Å²) in [6.07, 6.45) is 7.58. The van der Waals surface area contributed by atoms with E-state index in [0.29, 0.717) is 18.7 Å². The second-order valence-electron chi connectivity index (χ2n) is 8.42. The highest BCUT2D eigenvalue weighted by atomic mass is 16.5. The van der Waals surface area contributed by atoms with Crippen LogP contribution in [0.2, 0.25) is 0 Å². The molecule has 0 bridgehead atoms. The fourth-order valence-electron chi connectivity index (χ4n) is 4.09. The molecule has 0 atom stereocenters. The number of ether oxygens (including phenoxy) is 2. The molecular weight excluding hydrogens is 450 g/mol. The SMILES string of the molecule is COc1ccc(Cn2cc(-c3ccc(-c4cnn(Cc5ccc(OC)cc5)c4)c(C#N)c3)cn2)cc1. The lowest BCUT2D eigenvalue weighted by Gasteiger charge is -2.06. The van der Waals surface area contributed by atoms with Crippen LogP contribution in [0.4, 0.5) is 0 Å². The van der Waals surface area contributed by atoms with E-state index in [1.54, 1.807) is 20.4 Å². The van der Waals surface area contributed by atoms with Crippen molar-refractivity contribution in [2.45, 2.75) is 13.1 Å². The largest absolute Gasteiger partial charge is 0.497 e. The van der Waals surface area contributed by atoms with Crippen LogP contribution in [0, 0.1) is 11.3 Å². The number of nitriles is 1. The van der Waals surface area contributed by atoms with Gasteiger partial charge in [0.05, 0.1) is 51.3 Å². The predicted octanol–water partition coefficient (Wildman–Crippen LogP) is 5.40. The van der Waals surface area contributed by atoms with Crippen LogP contribution in [0.1, 0.15) is 16.7 Å². The van der Waals surface area contributed by atoms with Gasteiger partial charge >= 0.3 is 0 Å². The minimum Gasteiger partial charge on any atom is -0.497 e. The van der Waals surface area contributed by atoms with Crippen LogP contribution in [0.5, 0.6) is 11.5 Å². The van der Waals surface area contributed by atoms with E-state index in [0.717, 1.165) is 44.9 Å². The zero-order valence-electron chi connectivity index (χ0n) is 20.1. The average Bonchev–Trinajstić information content (AvgIpc) is 3.59. The van der Waals surface area contributed by atoms with Gasteiger partial charge in [0.2, 0.25) is 0 Å². The predicted molar refractivity (Wildman–Crippen MR) is 138 cm³/mol. The van der Waals surface area contributed by atoms with Crippen LogP contribution in [0.15, 0.2) is 91.5 Å². The van der Waals surface area contributed by atoms with Crippen LogP contribution in [0.25, 0.3) is 22.3 Å². The molecule has 178 valence electrons.